The van der Waals surface area contributed by atoms with Gasteiger partial charge in [-0.05, 0) is 72.6 Å². The van der Waals surface area contributed by atoms with E-state index in [1.165, 1.54) is 10.3 Å². The number of hydrogen-bond acceptors (Lipinski definition) is 5. The number of benzene rings is 3. The highest BCUT2D eigenvalue weighted by Crippen LogP contribution is 2.32. The third-order valence-corrected chi connectivity index (χ3v) is 5.19. The van der Waals surface area contributed by atoms with Crippen LogP contribution in [0.1, 0.15) is 12.5 Å². The van der Waals surface area contributed by atoms with Gasteiger partial charge < -0.3 is 5.11 Å². The predicted octanol–water partition coefficient (Wildman–Crippen LogP) is 6.65. The molecule has 4 rings (SSSR count). The number of phenolic OH excluding ortho intramolecular Hbond substituents is 1. The number of aryl methyl sites for hydroxylation is 1. The Morgan fingerprint density at radius 2 is 1.54 bits per heavy atom. The van der Waals surface area contributed by atoms with Crippen LogP contribution in [0, 0.1) is 0 Å². The van der Waals surface area contributed by atoms with Crippen LogP contribution in [0.15, 0.2) is 77.0 Å². The van der Waals surface area contributed by atoms with Crippen molar-refractivity contribution in [2.45, 2.75) is 13.3 Å². The number of aromatic nitrogens is 1. The minimum atomic E-state index is 0.218. The van der Waals surface area contributed by atoms with Crippen molar-refractivity contribution < 1.29 is 5.11 Å². The lowest BCUT2D eigenvalue weighted by Gasteiger charge is -1.97. The second kappa shape index (κ2) is 7.06. The first kappa shape index (κ1) is 16.4. The zero-order valence-electron chi connectivity index (χ0n) is 14.3. The molecule has 0 atom stereocenters. The van der Waals surface area contributed by atoms with Gasteiger partial charge in [0.25, 0.3) is 0 Å². The van der Waals surface area contributed by atoms with E-state index in [1.807, 2.05) is 24.3 Å². The van der Waals surface area contributed by atoms with Gasteiger partial charge in [-0.3, -0.25) is 0 Å². The molecule has 0 bridgehead atoms. The second-order valence-corrected chi connectivity index (χ2v) is 6.97. The molecule has 4 aromatic rings. The molecule has 128 valence electrons. The van der Waals surface area contributed by atoms with E-state index in [2.05, 4.69) is 35.4 Å². The number of phenols is 1. The lowest BCUT2D eigenvalue weighted by molar-refractivity contribution is 0.475. The molecule has 0 radical (unpaired) electrons. The minimum Gasteiger partial charge on any atom is -0.508 e. The van der Waals surface area contributed by atoms with Crippen molar-refractivity contribution in [3.05, 3.63) is 72.3 Å². The van der Waals surface area contributed by atoms with Crippen molar-refractivity contribution in [1.82, 2.24) is 4.98 Å². The van der Waals surface area contributed by atoms with E-state index in [9.17, 15) is 5.11 Å². The summed E-state index contributed by atoms with van der Waals surface area (Å²) in [5.41, 5.74) is 4.91. The van der Waals surface area contributed by atoms with Gasteiger partial charge in [-0.2, -0.15) is 10.2 Å². The fourth-order valence-electron chi connectivity index (χ4n) is 2.62. The molecule has 26 heavy (non-hydrogen) atoms. The van der Waals surface area contributed by atoms with Gasteiger partial charge in [0.1, 0.15) is 10.8 Å². The highest BCUT2D eigenvalue weighted by molar-refractivity contribution is 7.21. The maximum atomic E-state index is 9.29. The van der Waals surface area contributed by atoms with E-state index < -0.39 is 0 Å². The molecule has 0 aliphatic carbocycles. The Balaban J connectivity index is 1.56. The molecule has 1 heterocycles. The van der Waals surface area contributed by atoms with E-state index in [0.717, 1.165) is 28.2 Å². The van der Waals surface area contributed by atoms with E-state index in [-0.39, 0.29) is 5.75 Å². The molecule has 0 saturated heterocycles. The lowest BCUT2D eigenvalue weighted by Crippen LogP contribution is -1.79. The second-order valence-electron chi connectivity index (χ2n) is 5.94. The number of thiazole rings is 1. The molecule has 0 aliphatic heterocycles. The molecule has 0 spiro atoms. The summed E-state index contributed by atoms with van der Waals surface area (Å²) in [6.45, 7) is 2.15. The van der Waals surface area contributed by atoms with Crippen molar-refractivity contribution in [3.8, 4) is 16.3 Å². The van der Waals surface area contributed by atoms with Crippen LogP contribution in [0.25, 0.3) is 20.8 Å². The summed E-state index contributed by atoms with van der Waals surface area (Å²) in [7, 11) is 0. The molecule has 0 fully saturated rings. The molecule has 3 aromatic carbocycles. The number of hydrogen-bond donors (Lipinski definition) is 1. The van der Waals surface area contributed by atoms with Gasteiger partial charge in [-0.1, -0.05) is 13.0 Å². The van der Waals surface area contributed by atoms with Crippen LogP contribution in [0.3, 0.4) is 0 Å². The number of nitrogens with zero attached hydrogens (tertiary/aromatic N) is 3. The lowest BCUT2D eigenvalue weighted by atomic mass is 10.1. The van der Waals surface area contributed by atoms with Gasteiger partial charge in [-0.15, -0.1) is 11.3 Å². The Hall–Kier alpha value is -3.05. The zero-order chi connectivity index (χ0) is 17.9. The SMILES string of the molecule is CCc1ccc2sc(-c3ccc(N=Nc4ccc(O)cc4)cc3)nc2c1. The number of aromatic hydroxyl groups is 1. The Bertz CT molecular complexity index is 1070. The van der Waals surface area contributed by atoms with Crippen molar-refractivity contribution in [2.75, 3.05) is 0 Å². The van der Waals surface area contributed by atoms with Crippen molar-refractivity contribution in [2.24, 2.45) is 10.2 Å². The Morgan fingerprint density at radius 3 is 2.19 bits per heavy atom. The number of fused-ring (bicyclic) bond motifs is 1. The predicted molar refractivity (Wildman–Crippen MR) is 107 cm³/mol. The quantitative estimate of drug-likeness (QED) is 0.415. The topological polar surface area (TPSA) is 57.8 Å². The molecule has 4 nitrogen and oxygen atoms in total. The molecule has 0 amide bonds. The maximum absolute atomic E-state index is 9.29. The van der Waals surface area contributed by atoms with Gasteiger partial charge in [0, 0.05) is 5.56 Å². The molecular formula is C21H17N3OS. The summed E-state index contributed by atoms with van der Waals surface area (Å²) in [4.78, 5) is 4.76. The van der Waals surface area contributed by atoms with Gasteiger partial charge >= 0.3 is 0 Å². The fraction of sp³-hybridized carbons (Fsp3) is 0.0952. The van der Waals surface area contributed by atoms with Gasteiger partial charge in [-0.25, -0.2) is 4.98 Å². The van der Waals surface area contributed by atoms with Gasteiger partial charge in [0.2, 0.25) is 0 Å². The Morgan fingerprint density at radius 1 is 0.885 bits per heavy atom. The summed E-state index contributed by atoms with van der Waals surface area (Å²) in [6, 6.07) is 21.0. The number of rotatable bonds is 4. The minimum absolute atomic E-state index is 0.218. The summed E-state index contributed by atoms with van der Waals surface area (Å²) in [5, 5.41) is 18.7. The van der Waals surface area contributed by atoms with Crippen molar-refractivity contribution in [1.29, 1.82) is 0 Å². The van der Waals surface area contributed by atoms with E-state index in [0.29, 0.717) is 5.69 Å². The summed E-state index contributed by atoms with van der Waals surface area (Å²) in [6.07, 6.45) is 1.02. The molecule has 1 N–H and O–H groups in total. The molecule has 0 saturated carbocycles. The molecule has 0 aliphatic rings. The van der Waals surface area contributed by atoms with E-state index >= 15 is 0 Å². The summed E-state index contributed by atoms with van der Waals surface area (Å²) < 4.78 is 1.20. The first-order chi connectivity index (χ1) is 12.7. The Kier molecular flexibility index (Phi) is 4.46. The highest BCUT2D eigenvalue weighted by Gasteiger charge is 2.07. The Labute approximate surface area is 155 Å². The fourth-order valence-corrected chi connectivity index (χ4v) is 3.57. The zero-order valence-corrected chi connectivity index (χ0v) is 15.1. The van der Waals surface area contributed by atoms with E-state index in [4.69, 9.17) is 4.98 Å². The van der Waals surface area contributed by atoms with Crippen LogP contribution in [-0.2, 0) is 6.42 Å². The molecule has 1 aromatic heterocycles. The summed E-state index contributed by atoms with van der Waals surface area (Å²) in [5.74, 6) is 0.218. The third-order valence-electron chi connectivity index (χ3n) is 4.11. The van der Waals surface area contributed by atoms with E-state index in [1.54, 1.807) is 35.6 Å². The van der Waals surface area contributed by atoms with Crippen molar-refractivity contribution in [3.63, 3.8) is 0 Å². The third kappa shape index (κ3) is 3.48. The first-order valence-corrected chi connectivity index (χ1v) is 9.23. The van der Waals surface area contributed by atoms with Crippen LogP contribution in [-0.4, -0.2) is 10.1 Å². The van der Waals surface area contributed by atoms with Crippen molar-refractivity contribution >= 4 is 32.9 Å². The largest absolute Gasteiger partial charge is 0.508 e. The standard InChI is InChI=1S/C21H17N3OS/c1-2-14-3-12-20-19(13-14)22-21(26-20)15-4-6-16(7-5-15)23-24-17-8-10-18(25)11-9-17/h3-13,25H,2H2,1H3. The van der Waals surface area contributed by atoms with Crippen LogP contribution in [0.2, 0.25) is 0 Å². The van der Waals surface area contributed by atoms with Crippen LogP contribution < -0.4 is 0 Å². The van der Waals surface area contributed by atoms with Gasteiger partial charge in [0.15, 0.2) is 0 Å². The average molecular weight is 359 g/mol. The normalized spacial score (nSPS) is 11.4. The van der Waals surface area contributed by atoms with Gasteiger partial charge in [0.05, 0.1) is 21.6 Å². The average Bonchev–Trinajstić information content (AvgIpc) is 3.11. The van der Waals surface area contributed by atoms with Crippen LogP contribution in [0.5, 0.6) is 5.75 Å². The maximum Gasteiger partial charge on any atom is 0.124 e. The smallest absolute Gasteiger partial charge is 0.124 e. The summed E-state index contributed by atoms with van der Waals surface area (Å²) >= 11 is 1.70. The monoisotopic (exact) mass is 359 g/mol. The molecule has 0 unspecified atom stereocenters. The highest BCUT2D eigenvalue weighted by atomic mass is 32.1. The molecular weight excluding hydrogens is 342 g/mol. The first-order valence-electron chi connectivity index (χ1n) is 8.42. The molecule has 5 heteroatoms. The van der Waals surface area contributed by atoms with Crippen LogP contribution in [0.4, 0.5) is 11.4 Å². The van der Waals surface area contributed by atoms with Crippen LogP contribution >= 0.6 is 11.3 Å². The number of azo groups is 1.